The van der Waals surface area contributed by atoms with E-state index in [9.17, 15) is 9.90 Å². The maximum absolute atomic E-state index is 12.3. The fourth-order valence-electron chi connectivity index (χ4n) is 2.49. The minimum absolute atomic E-state index is 0. The van der Waals surface area contributed by atoms with Gasteiger partial charge >= 0.3 is 0 Å². The van der Waals surface area contributed by atoms with E-state index in [1.807, 2.05) is 0 Å². The van der Waals surface area contributed by atoms with Gasteiger partial charge in [-0.05, 0) is 12.1 Å². The van der Waals surface area contributed by atoms with Gasteiger partial charge in [0, 0.05) is 40.7 Å². The number of rotatable bonds is 3. The number of benzene rings is 1. The zero-order chi connectivity index (χ0) is 15.9. The highest BCUT2D eigenvalue weighted by Crippen LogP contribution is 2.41. The van der Waals surface area contributed by atoms with Crippen molar-refractivity contribution in [3.63, 3.8) is 0 Å². The van der Waals surface area contributed by atoms with Gasteiger partial charge in [0.1, 0.15) is 4.88 Å². The maximum Gasteiger partial charge on any atom is 0.262 e. The molecule has 0 saturated carbocycles. The molecule has 1 fully saturated rings. The van der Waals surface area contributed by atoms with Crippen LogP contribution in [0.4, 0.5) is 0 Å². The summed E-state index contributed by atoms with van der Waals surface area (Å²) >= 11 is 19.7. The van der Waals surface area contributed by atoms with Gasteiger partial charge < -0.3 is 15.7 Å². The Balaban J connectivity index is 0.00000192. The van der Waals surface area contributed by atoms with E-state index in [4.69, 9.17) is 34.8 Å². The van der Waals surface area contributed by atoms with Crippen LogP contribution in [0.25, 0.3) is 10.1 Å². The summed E-state index contributed by atoms with van der Waals surface area (Å²) in [5.41, 5.74) is 0. The lowest BCUT2D eigenvalue weighted by Gasteiger charge is -2.13. The number of fused-ring (bicyclic) bond motifs is 1. The standard InChI is InChI=1S/C14H13Cl3N2O2S.ClH/c15-7-1-8(16)11-10(2-7)22-13(12(11)17)14(21)19-4-6-3-18-5-9(6)20;/h1-2,6,9,18,20H,3-5H2,(H,19,21);1H. The van der Waals surface area contributed by atoms with Gasteiger partial charge in [0.05, 0.1) is 16.1 Å². The third kappa shape index (κ3) is 3.87. The topological polar surface area (TPSA) is 61.4 Å². The SMILES string of the molecule is Cl.O=C(NCC1CNCC1O)c1sc2cc(Cl)cc(Cl)c2c1Cl. The second-order valence-corrected chi connectivity index (χ2v) is 7.48. The summed E-state index contributed by atoms with van der Waals surface area (Å²) in [5, 5.41) is 17.5. The first kappa shape index (κ1) is 19.1. The maximum atomic E-state index is 12.3. The van der Waals surface area contributed by atoms with E-state index in [-0.39, 0.29) is 24.2 Å². The Hall–Kier alpha value is -0.270. The van der Waals surface area contributed by atoms with Gasteiger partial charge in [-0.2, -0.15) is 0 Å². The van der Waals surface area contributed by atoms with Crippen molar-refractivity contribution >= 4 is 74.5 Å². The number of hydrogen-bond donors (Lipinski definition) is 3. The third-order valence-electron chi connectivity index (χ3n) is 3.68. The normalized spacial score (nSPS) is 20.5. The summed E-state index contributed by atoms with van der Waals surface area (Å²) < 4.78 is 0.773. The van der Waals surface area contributed by atoms with Gasteiger partial charge in [0.15, 0.2) is 0 Å². The summed E-state index contributed by atoms with van der Waals surface area (Å²) in [7, 11) is 0. The fourth-order valence-corrected chi connectivity index (χ4v) is 4.78. The van der Waals surface area contributed by atoms with E-state index < -0.39 is 6.10 Å². The predicted octanol–water partition coefficient (Wildman–Crippen LogP) is 3.59. The molecule has 2 unspecified atom stereocenters. The van der Waals surface area contributed by atoms with Crippen molar-refractivity contribution in [3.05, 3.63) is 32.1 Å². The molecule has 3 rings (SSSR count). The second kappa shape index (κ2) is 7.74. The Bertz CT molecular complexity index is 737. The molecule has 126 valence electrons. The lowest BCUT2D eigenvalue weighted by Crippen LogP contribution is -2.34. The molecule has 2 aromatic rings. The molecule has 1 amide bonds. The summed E-state index contributed by atoms with van der Waals surface area (Å²) in [5.74, 6) is -0.257. The van der Waals surface area contributed by atoms with Crippen LogP contribution in [0.5, 0.6) is 0 Å². The highest BCUT2D eigenvalue weighted by molar-refractivity contribution is 7.21. The van der Waals surface area contributed by atoms with Gasteiger partial charge in [-0.3, -0.25) is 4.79 Å². The van der Waals surface area contributed by atoms with Crippen molar-refractivity contribution in [1.29, 1.82) is 0 Å². The van der Waals surface area contributed by atoms with Gasteiger partial charge in [0.25, 0.3) is 5.91 Å². The van der Waals surface area contributed by atoms with E-state index in [0.29, 0.717) is 45.0 Å². The first-order valence-corrected chi connectivity index (χ1v) is 8.66. The van der Waals surface area contributed by atoms with Gasteiger partial charge in [-0.25, -0.2) is 0 Å². The molecular formula is C14H14Cl4N2O2S. The number of hydrogen-bond acceptors (Lipinski definition) is 4. The Kier molecular flexibility index (Phi) is 6.42. The Morgan fingerprint density at radius 1 is 1.35 bits per heavy atom. The molecule has 1 aliphatic heterocycles. The second-order valence-electron chi connectivity index (χ2n) is 5.20. The first-order valence-electron chi connectivity index (χ1n) is 6.71. The summed E-state index contributed by atoms with van der Waals surface area (Å²) in [6.45, 7) is 1.63. The summed E-state index contributed by atoms with van der Waals surface area (Å²) in [6.07, 6.45) is -0.438. The number of halogens is 4. The Labute approximate surface area is 158 Å². The van der Waals surface area contributed by atoms with Crippen molar-refractivity contribution in [3.8, 4) is 0 Å². The molecule has 2 heterocycles. The van der Waals surface area contributed by atoms with E-state index >= 15 is 0 Å². The summed E-state index contributed by atoms with van der Waals surface area (Å²) in [6, 6.07) is 3.34. The van der Waals surface area contributed by atoms with Crippen LogP contribution in [0.2, 0.25) is 15.1 Å². The van der Waals surface area contributed by atoms with Gasteiger partial charge in [-0.1, -0.05) is 34.8 Å². The molecule has 1 aliphatic rings. The molecule has 3 N–H and O–H groups in total. The minimum atomic E-state index is -0.438. The first-order chi connectivity index (χ1) is 10.5. The zero-order valence-corrected chi connectivity index (χ0v) is 15.6. The number of nitrogens with one attached hydrogen (secondary N) is 2. The number of β-amino-alcohol motifs (C(OH)–C–C–N with tert-alkyl or cyclic N) is 1. The molecular weight excluding hydrogens is 402 g/mol. The molecule has 9 heteroatoms. The number of amides is 1. The van der Waals surface area contributed by atoms with Gasteiger partial charge in [-0.15, -0.1) is 23.7 Å². The Morgan fingerprint density at radius 2 is 2.09 bits per heavy atom. The van der Waals surface area contributed by atoms with Crippen LogP contribution in [0.3, 0.4) is 0 Å². The lowest BCUT2D eigenvalue weighted by molar-refractivity contribution is 0.0931. The van der Waals surface area contributed by atoms with E-state index in [2.05, 4.69) is 10.6 Å². The smallest absolute Gasteiger partial charge is 0.262 e. The highest BCUT2D eigenvalue weighted by atomic mass is 35.5. The molecule has 2 atom stereocenters. The number of carbonyl (C=O) groups is 1. The van der Waals surface area contributed by atoms with Crippen molar-refractivity contribution in [2.75, 3.05) is 19.6 Å². The monoisotopic (exact) mass is 414 g/mol. The average molecular weight is 416 g/mol. The molecule has 1 aromatic carbocycles. The average Bonchev–Trinajstić information content (AvgIpc) is 3.00. The van der Waals surface area contributed by atoms with Crippen molar-refractivity contribution < 1.29 is 9.90 Å². The van der Waals surface area contributed by atoms with Crippen molar-refractivity contribution in [2.24, 2.45) is 5.92 Å². The van der Waals surface area contributed by atoms with Crippen LogP contribution in [-0.4, -0.2) is 36.8 Å². The van der Waals surface area contributed by atoms with E-state index in [1.165, 1.54) is 11.3 Å². The third-order valence-corrected chi connectivity index (χ3v) is 5.83. The van der Waals surface area contributed by atoms with Crippen LogP contribution >= 0.6 is 58.5 Å². The fraction of sp³-hybridized carbons (Fsp3) is 0.357. The van der Waals surface area contributed by atoms with Crippen LogP contribution in [0.1, 0.15) is 9.67 Å². The van der Waals surface area contributed by atoms with E-state index in [0.717, 1.165) is 4.70 Å². The number of aliphatic hydroxyl groups excluding tert-OH is 1. The zero-order valence-electron chi connectivity index (χ0n) is 11.7. The Morgan fingerprint density at radius 3 is 2.74 bits per heavy atom. The van der Waals surface area contributed by atoms with Crippen LogP contribution in [0, 0.1) is 5.92 Å². The molecule has 0 aliphatic carbocycles. The lowest BCUT2D eigenvalue weighted by atomic mass is 10.1. The van der Waals surface area contributed by atoms with Gasteiger partial charge in [0.2, 0.25) is 0 Å². The van der Waals surface area contributed by atoms with Crippen LogP contribution in [-0.2, 0) is 0 Å². The number of thiophene rings is 1. The molecule has 0 radical (unpaired) electrons. The molecule has 1 aromatic heterocycles. The molecule has 0 bridgehead atoms. The highest BCUT2D eigenvalue weighted by Gasteiger charge is 2.26. The molecule has 4 nitrogen and oxygen atoms in total. The minimum Gasteiger partial charge on any atom is -0.391 e. The number of carbonyl (C=O) groups excluding carboxylic acids is 1. The van der Waals surface area contributed by atoms with E-state index in [1.54, 1.807) is 12.1 Å². The molecule has 23 heavy (non-hydrogen) atoms. The van der Waals surface area contributed by atoms with Crippen LogP contribution in [0.15, 0.2) is 12.1 Å². The van der Waals surface area contributed by atoms with Crippen molar-refractivity contribution in [1.82, 2.24) is 10.6 Å². The predicted molar refractivity (Wildman–Crippen MR) is 98.8 cm³/mol. The summed E-state index contributed by atoms with van der Waals surface area (Å²) in [4.78, 5) is 12.7. The largest absolute Gasteiger partial charge is 0.391 e. The number of aliphatic hydroxyl groups is 1. The van der Waals surface area contributed by atoms with Crippen LogP contribution < -0.4 is 10.6 Å². The molecule has 0 spiro atoms. The molecule has 1 saturated heterocycles. The quantitative estimate of drug-likeness (QED) is 0.717. The van der Waals surface area contributed by atoms with Crippen molar-refractivity contribution in [2.45, 2.75) is 6.10 Å².